The first-order chi connectivity index (χ1) is 10.3. The first-order valence-electron chi connectivity index (χ1n) is 7.74. The quantitative estimate of drug-likeness (QED) is 0.810. The van der Waals surface area contributed by atoms with Gasteiger partial charge in [-0.1, -0.05) is 26.0 Å². The highest BCUT2D eigenvalue weighted by atomic mass is 16.5. The van der Waals surface area contributed by atoms with E-state index in [9.17, 15) is 0 Å². The van der Waals surface area contributed by atoms with Gasteiger partial charge in [0.15, 0.2) is 0 Å². The molecule has 0 saturated heterocycles. The van der Waals surface area contributed by atoms with E-state index in [1.54, 1.807) is 0 Å². The maximum absolute atomic E-state index is 5.87. The zero-order valence-electron chi connectivity index (χ0n) is 13.2. The van der Waals surface area contributed by atoms with Crippen molar-refractivity contribution in [3.63, 3.8) is 0 Å². The van der Waals surface area contributed by atoms with Gasteiger partial charge in [0.2, 0.25) is 0 Å². The third kappa shape index (κ3) is 4.33. The van der Waals surface area contributed by atoms with E-state index in [1.807, 2.05) is 16.8 Å². The van der Waals surface area contributed by atoms with Crippen molar-refractivity contribution in [2.24, 2.45) is 0 Å². The molecule has 1 aromatic heterocycles. The molecule has 2 rings (SSSR count). The molecule has 0 aliphatic rings. The summed E-state index contributed by atoms with van der Waals surface area (Å²) < 4.78 is 7.88. The van der Waals surface area contributed by atoms with Crippen molar-refractivity contribution < 1.29 is 4.74 Å². The molecule has 4 heteroatoms. The van der Waals surface area contributed by atoms with E-state index in [2.05, 4.69) is 49.4 Å². The third-order valence-electron chi connectivity index (χ3n) is 3.46. The number of rotatable bonds is 8. The van der Waals surface area contributed by atoms with E-state index in [0.717, 1.165) is 43.2 Å². The molecule has 0 atom stereocenters. The Kier molecular flexibility index (Phi) is 5.81. The Morgan fingerprint density at radius 3 is 2.52 bits per heavy atom. The van der Waals surface area contributed by atoms with Crippen molar-refractivity contribution in [1.82, 2.24) is 15.1 Å². The Labute approximate surface area is 127 Å². The average Bonchev–Trinajstić information content (AvgIpc) is 2.94. The fraction of sp³-hybridized carbons (Fsp3) is 0.471. The number of ether oxygens (including phenoxy) is 1. The van der Waals surface area contributed by atoms with Crippen molar-refractivity contribution in [2.75, 3.05) is 6.54 Å². The summed E-state index contributed by atoms with van der Waals surface area (Å²) in [5, 5.41) is 7.85. The highest BCUT2D eigenvalue weighted by Crippen LogP contribution is 2.15. The van der Waals surface area contributed by atoms with Crippen LogP contribution in [0.2, 0.25) is 0 Å². The SMILES string of the molecule is CCNCc1ccc(OCc2cc(CC)nn2CC)cc1. The first kappa shape index (κ1) is 15.6. The van der Waals surface area contributed by atoms with Crippen LogP contribution in [0.3, 0.4) is 0 Å². The molecule has 0 radical (unpaired) electrons. The van der Waals surface area contributed by atoms with Gasteiger partial charge in [0.1, 0.15) is 12.4 Å². The molecule has 0 bridgehead atoms. The Hall–Kier alpha value is -1.81. The first-order valence-corrected chi connectivity index (χ1v) is 7.74. The molecule has 0 fully saturated rings. The number of nitrogens with one attached hydrogen (secondary N) is 1. The minimum atomic E-state index is 0.563. The Morgan fingerprint density at radius 2 is 1.90 bits per heavy atom. The molecule has 0 spiro atoms. The molecule has 0 aliphatic carbocycles. The predicted octanol–water partition coefficient (Wildman–Crippen LogP) is 3.15. The Morgan fingerprint density at radius 1 is 1.14 bits per heavy atom. The number of hydrogen-bond donors (Lipinski definition) is 1. The highest BCUT2D eigenvalue weighted by molar-refractivity contribution is 5.27. The smallest absolute Gasteiger partial charge is 0.130 e. The maximum Gasteiger partial charge on any atom is 0.130 e. The van der Waals surface area contributed by atoms with Crippen molar-refractivity contribution in [1.29, 1.82) is 0 Å². The minimum Gasteiger partial charge on any atom is -0.487 e. The van der Waals surface area contributed by atoms with Crippen molar-refractivity contribution in [3.05, 3.63) is 47.3 Å². The van der Waals surface area contributed by atoms with Crippen LogP contribution in [0.4, 0.5) is 0 Å². The molecular formula is C17H25N3O. The van der Waals surface area contributed by atoms with Crippen molar-refractivity contribution in [2.45, 2.75) is 46.9 Å². The zero-order valence-corrected chi connectivity index (χ0v) is 13.2. The molecule has 2 aromatic rings. The van der Waals surface area contributed by atoms with Crippen LogP contribution < -0.4 is 10.1 Å². The van der Waals surface area contributed by atoms with E-state index >= 15 is 0 Å². The van der Waals surface area contributed by atoms with Crippen molar-refractivity contribution in [3.8, 4) is 5.75 Å². The second-order valence-corrected chi connectivity index (χ2v) is 5.01. The average molecular weight is 287 g/mol. The number of aryl methyl sites for hydroxylation is 2. The zero-order chi connectivity index (χ0) is 15.1. The van der Waals surface area contributed by atoms with Gasteiger partial charge in [0.05, 0.1) is 11.4 Å². The fourth-order valence-electron chi connectivity index (χ4n) is 2.21. The van der Waals surface area contributed by atoms with E-state index in [0.29, 0.717) is 6.61 Å². The minimum absolute atomic E-state index is 0.563. The monoisotopic (exact) mass is 287 g/mol. The van der Waals surface area contributed by atoms with Gasteiger partial charge in [0.25, 0.3) is 0 Å². The van der Waals surface area contributed by atoms with Crippen LogP contribution in [0.15, 0.2) is 30.3 Å². The summed E-state index contributed by atoms with van der Waals surface area (Å²) >= 11 is 0. The summed E-state index contributed by atoms with van der Waals surface area (Å²) in [5.74, 6) is 0.900. The summed E-state index contributed by atoms with van der Waals surface area (Å²) in [6.45, 7) is 9.66. The lowest BCUT2D eigenvalue weighted by Crippen LogP contribution is -2.11. The molecule has 21 heavy (non-hydrogen) atoms. The van der Waals surface area contributed by atoms with E-state index < -0.39 is 0 Å². The van der Waals surface area contributed by atoms with Crippen LogP contribution >= 0.6 is 0 Å². The topological polar surface area (TPSA) is 39.1 Å². The number of benzene rings is 1. The second kappa shape index (κ2) is 7.84. The predicted molar refractivity (Wildman–Crippen MR) is 85.4 cm³/mol. The molecule has 1 heterocycles. The van der Waals surface area contributed by atoms with Gasteiger partial charge < -0.3 is 10.1 Å². The molecular weight excluding hydrogens is 262 g/mol. The third-order valence-corrected chi connectivity index (χ3v) is 3.46. The van der Waals surface area contributed by atoms with Gasteiger partial charge in [-0.3, -0.25) is 4.68 Å². The lowest BCUT2D eigenvalue weighted by Gasteiger charge is -2.08. The van der Waals surface area contributed by atoms with Crippen LogP contribution in [-0.2, 0) is 26.1 Å². The summed E-state index contributed by atoms with van der Waals surface area (Å²) in [6, 6.07) is 10.4. The summed E-state index contributed by atoms with van der Waals surface area (Å²) in [5.41, 5.74) is 3.53. The van der Waals surface area contributed by atoms with Crippen LogP contribution in [-0.4, -0.2) is 16.3 Å². The molecule has 0 aliphatic heterocycles. The molecule has 1 aromatic carbocycles. The Bertz CT molecular complexity index is 546. The molecule has 0 saturated carbocycles. The van der Waals surface area contributed by atoms with E-state index in [-0.39, 0.29) is 0 Å². The van der Waals surface area contributed by atoms with Gasteiger partial charge in [0, 0.05) is 13.1 Å². The van der Waals surface area contributed by atoms with Gasteiger partial charge in [-0.25, -0.2) is 0 Å². The normalized spacial score (nSPS) is 10.8. The number of nitrogens with zero attached hydrogens (tertiary/aromatic N) is 2. The summed E-state index contributed by atoms with van der Waals surface area (Å²) in [4.78, 5) is 0. The molecule has 0 amide bonds. The Balaban J connectivity index is 1.94. The van der Waals surface area contributed by atoms with E-state index in [1.165, 1.54) is 5.56 Å². The molecule has 4 nitrogen and oxygen atoms in total. The second-order valence-electron chi connectivity index (χ2n) is 5.01. The number of aromatic nitrogens is 2. The highest BCUT2D eigenvalue weighted by Gasteiger charge is 2.06. The van der Waals surface area contributed by atoms with Gasteiger partial charge in [-0.15, -0.1) is 0 Å². The van der Waals surface area contributed by atoms with Crippen molar-refractivity contribution >= 4 is 0 Å². The van der Waals surface area contributed by atoms with Gasteiger partial charge >= 0.3 is 0 Å². The molecule has 1 N–H and O–H groups in total. The van der Waals surface area contributed by atoms with E-state index in [4.69, 9.17) is 4.74 Å². The number of hydrogen-bond acceptors (Lipinski definition) is 3. The fourth-order valence-corrected chi connectivity index (χ4v) is 2.21. The van der Waals surface area contributed by atoms with Gasteiger partial charge in [-0.2, -0.15) is 5.10 Å². The van der Waals surface area contributed by atoms with Gasteiger partial charge in [-0.05, 0) is 43.7 Å². The standard InChI is InChI=1S/C17H25N3O/c1-4-15-11-16(20(6-3)19-15)13-21-17-9-7-14(8-10-17)12-18-5-2/h7-11,18H,4-6,12-13H2,1-3H3. The molecule has 0 unspecified atom stereocenters. The van der Waals surface area contributed by atoms with Crippen LogP contribution in [0.25, 0.3) is 0 Å². The molecule has 114 valence electrons. The van der Waals surface area contributed by atoms with Crippen LogP contribution in [0.5, 0.6) is 5.75 Å². The summed E-state index contributed by atoms with van der Waals surface area (Å²) in [6.07, 6.45) is 0.957. The lowest BCUT2D eigenvalue weighted by atomic mass is 10.2. The largest absolute Gasteiger partial charge is 0.487 e. The maximum atomic E-state index is 5.87. The lowest BCUT2D eigenvalue weighted by molar-refractivity contribution is 0.292. The van der Waals surface area contributed by atoms with Crippen LogP contribution in [0, 0.1) is 0 Å². The van der Waals surface area contributed by atoms with Crippen LogP contribution in [0.1, 0.15) is 37.7 Å². The summed E-state index contributed by atoms with van der Waals surface area (Å²) in [7, 11) is 0.